The zero-order valence-corrected chi connectivity index (χ0v) is 7.46. The molecule has 0 saturated heterocycles. The molecule has 4 nitrogen and oxygen atoms in total. The lowest BCUT2D eigenvalue weighted by molar-refractivity contribution is 0.199. The van der Waals surface area contributed by atoms with Gasteiger partial charge < -0.3 is 14.6 Å². The Labute approximate surface area is 71.9 Å². The SMILES string of the molecule is COCCNCc1nocc1C. The van der Waals surface area contributed by atoms with Gasteiger partial charge in [0.2, 0.25) is 0 Å². The lowest BCUT2D eigenvalue weighted by atomic mass is 10.3. The molecule has 1 aromatic rings. The average Bonchev–Trinajstić information content (AvgIpc) is 2.46. The Hall–Kier alpha value is -0.870. The van der Waals surface area contributed by atoms with Crippen LogP contribution in [0, 0.1) is 6.92 Å². The van der Waals surface area contributed by atoms with Gasteiger partial charge in [0.05, 0.1) is 6.61 Å². The molecule has 0 aromatic carbocycles. The molecule has 1 rings (SSSR count). The van der Waals surface area contributed by atoms with Crippen molar-refractivity contribution in [2.45, 2.75) is 13.5 Å². The molecule has 0 radical (unpaired) electrons. The molecule has 0 aliphatic carbocycles. The number of aryl methyl sites for hydroxylation is 1. The molecular weight excluding hydrogens is 156 g/mol. The fourth-order valence-electron chi connectivity index (χ4n) is 0.862. The van der Waals surface area contributed by atoms with Gasteiger partial charge in [-0.1, -0.05) is 5.16 Å². The summed E-state index contributed by atoms with van der Waals surface area (Å²) in [5, 5.41) is 7.02. The first-order chi connectivity index (χ1) is 5.84. The van der Waals surface area contributed by atoms with Crippen molar-refractivity contribution in [1.29, 1.82) is 0 Å². The van der Waals surface area contributed by atoms with Crippen LogP contribution in [0.1, 0.15) is 11.3 Å². The van der Waals surface area contributed by atoms with Crippen molar-refractivity contribution >= 4 is 0 Å². The smallest absolute Gasteiger partial charge is 0.127 e. The van der Waals surface area contributed by atoms with E-state index in [9.17, 15) is 0 Å². The van der Waals surface area contributed by atoms with Gasteiger partial charge in [0.1, 0.15) is 12.0 Å². The highest BCUT2D eigenvalue weighted by atomic mass is 16.5. The van der Waals surface area contributed by atoms with E-state index in [1.165, 1.54) is 0 Å². The van der Waals surface area contributed by atoms with Crippen molar-refractivity contribution in [3.8, 4) is 0 Å². The second kappa shape index (κ2) is 4.90. The van der Waals surface area contributed by atoms with Crippen LogP contribution in [0.4, 0.5) is 0 Å². The molecule has 68 valence electrons. The van der Waals surface area contributed by atoms with Gasteiger partial charge in [-0.15, -0.1) is 0 Å². The Balaban J connectivity index is 2.20. The molecular formula is C8H14N2O2. The minimum Gasteiger partial charge on any atom is -0.383 e. The Bertz CT molecular complexity index is 223. The van der Waals surface area contributed by atoms with Gasteiger partial charge in [-0.2, -0.15) is 0 Å². The van der Waals surface area contributed by atoms with E-state index in [0.29, 0.717) is 0 Å². The first kappa shape index (κ1) is 9.22. The lowest BCUT2D eigenvalue weighted by Gasteiger charge is -2.00. The molecule has 0 amide bonds. The summed E-state index contributed by atoms with van der Waals surface area (Å²) in [7, 11) is 1.68. The third kappa shape index (κ3) is 2.64. The predicted octanol–water partition coefficient (Wildman–Crippen LogP) is 0.719. The Morgan fingerprint density at radius 3 is 3.08 bits per heavy atom. The number of ether oxygens (including phenoxy) is 1. The fraction of sp³-hybridized carbons (Fsp3) is 0.625. The van der Waals surface area contributed by atoms with Crippen LogP contribution >= 0.6 is 0 Å². The molecule has 0 bridgehead atoms. The third-order valence-electron chi connectivity index (χ3n) is 1.62. The van der Waals surface area contributed by atoms with Crippen LogP contribution in [-0.2, 0) is 11.3 Å². The maximum atomic E-state index is 4.89. The minimum atomic E-state index is 0.719. The third-order valence-corrected chi connectivity index (χ3v) is 1.62. The summed E-state index contributed by atoms with van der Waals surface area (Å²) in [5.74, 6) is 0. The number of nitrogens with one attached hydrogen (secondary N) is 1. The molecule has 0 spiro atoms. The van der Waals surface area contributed by atoms with E-state index in [-0.39, 0.29) is 0 Å². The number of rotatable bonds is 5. The van der Waals surface area contributed by atoms with Crippen LogP contribution in [0.5, 0.6) is 0 Å². The van der Waals surface area contributed by atoms with Crippen LogP contribution in [0.15, 0.2) is 10.8 Å². The summed E-state index contributed by atoms with van der Waals surface area (Å²) in [6.07, 6.45) is 1.65. The summed E-state index contributed by atoms with van der Waals surface area (Å²) < 4.78 is 9.67. The largest absolute Gasteiger partial charge is 0.383 e. The summed E-state index contributed by atoms with van der Waals surface area (Å²) in [6.45, 7) is 4.27. The van der Waals surface area contributed by atoms with Crippen molar-refractivity contribution in [1.82, 2.24) is 10.5 Å². The molecule has 0 fully saturated rings. The first-order valence-corrected chi connectivity index (χ1v) is 3.94. The van der Waals surface area contributed by atoms with E-state index < -0.39 is 0 Å². The number of methoxy groups -OCH3 is 1. The van der Waals surface area contributed by atoms with Crippen LogP contribution in [0.2, 0.25) is 0 Å². The number of hydrogen-bond acceptors (Lipinski definition) is 4. The van der Waals surface area contributed by atoms with E-state index in [1.54, 1.807) is 13.4 Å². The van der Waals surface area contributed by atoms with Gasteiger partial charge in [0.15, 0.2) is 0 Å². The van der Waals surface area contributed by atoms with E-state index in [2.05, 4.69) is 10.5 Å². The Morgan fingerprint density at radius 1 is 1.67 bits per heavy atom. The van der Waals surface area contributed by atoms with Crippen LogP contribution < -0.4 is 5.32 Å². The zero-order valence-electron chi connectivity index (χ0n) is 7.46. The molecule has 12 heavy (non-hydrogen) atoms. The fourth-order valence-corrected chi connectivity index (χ4v) is 0.862. The van der Waals surface area contributed by atoms with E-state index >= 15 is 0 Å². The topological polar surface area (TPSA) is 47.3 Å². The molecule has 1 aromatic heterocycles. The highest BCUT2D eigenvalue weighted by Crippen LogP contribution is 2.02. The highest BCUT2D eigenvalue weighted by molar-refractivity contribution is 5.11. The lowest BCUT2D eigenvalue weighted by Crippen LogP contribution is -2.19. The molecule has 0 unspecified atom stereocenters. The normalized spacial score (nSPS) is 10.5. The first-order valence-electron chi connectivity index (χ1n) is 3.94. The highest BCUT2D eigenvalue weighted by Gasteiger charge is 2.00. The molecule has 0 aliphatic heterocycles. The average molecular weight is 170 g/mol. The summed E-state index contributed by atoms with van der Waals surface area (Å²) in [6, 6.07) is 0. The van der Waals surface area contributed by atoms with Gasteiger partial charge in [-0.25, -0.2) is 0 Å². The second-order valence-electron chi connectivity index (χ2n) is 2.61. The van der Waals surface area contributed by atoms with Crippen LogP contribution in [-0.4, -0.2) is 25.4 Å². The zero-order chi connectivity index (χ0) is 8.81. The second-order valence-corrected chi connectivity index (χ2v) is 2.61. The number of nitrogens with zero attached hydrogens (tertiary/aromatic N) is 1. The van der Waals surface area contributed by atoms with Crippen LogP contribution in [0.25, 0.3) is 0 Å². The van der Waals surface area contributed by atoms with E-state index in [1.807, 2.05) is 6.92 Å². The quantitative estimate of drug-likeness (QED) is 0.661. The van der Waals surface area contributed by atoms with E-state index in [0.717, 1.165) is 31.0 Å². The van der Waals surface area contributed by atoms with Gasteiger partial charge in [0, 0.05) is 25.8 Å². The van der Waals surface area contributed by atoms with Gasteiger partial charge in [0.25, 0.3) is 0 Å². The summed E-state index contributed by atoms with van der Waals surface area (Å²) in [4.78, 5) is 0. The maximum absolute atomic E-state index is 4.89. The Kier molecular flexibility index (Phi) is 3.76. The summed E-state index contributed by atoms with van der Waals surface area (Å²) >= 11 is 0. The number of aromatic nitrogens is 1. The van der Waals surface area contributed by atoms with Gasteiger partial charge in [-0.3, -0.25) is 0 Å². The molecule has 1 heterocycles. The van der Waals surface area contributed by atoms with Crippen molar-refractivity contribution in [3.05, 3.63) is 17.5 Å². The van der Waals surface area contributed by atoms with Crippen molar-refractivity contribution in [2.75, 3.05) is 20.3 Å². The molecule has 0 aliphatic rings. The monoisotopic (exact) mass is 170 g/mol. The summed E-state index contributed by atoms with van der Waals surface area (Å²) in [5.41, 5.74) is 2.05. The molecule has 0 saturated carbocycles. The van der Waals surface area contributed by atoms with Crippen molar-refractivity contribution < 1.29 is 9.26 Å². The number of hydrogen-bond donors (Lipinski definition) is 1. The Morgan fingerprint density at radius 2 is 2.50 bits per heavy atom. The molecule has 4 heteroatoms. The maximum Gasteiger partial charge on any atom is 0.127 e. The van der Waals surface area contributed by atoms with Crippen molar-refractivity contribution in [2.24, 2.45) is 0 Å². The molecule has 0 atom stereocenters. The predicted molar refractivity (Wildman–Crippen MR) is 44.8 cm³/mol. The van der Waals surface area contributed by atoms with E-state index in [4.69, 9.17) is 9.26 Å². The standard InChI is InChI=1S/C8H14N2O2/c1-7-6-12-10-8(7)5-9-3-4-11-2/h6,9H,3-5H2,1-2H3. The minimum absolute atomic E-state index is 0.719. The van der Waals surface area contributed by atoms with Gasteiger partial charge >= 0.3 is 0 Å². The van der Waals surface area contributed by atoms with Crippen molar-refractivity contribution in [3.63, 3.8) is 0 Å². The van der Waals surface area contributed by atoms with Gasteiger partial charge in [-0.05, 0) is 6.92 Å². The molecule has 1 N–H and O–H groups in total. The van der Waals surface area contributed by atoms with Crippen LogP contribution in [0.3, 0.4) is 0 Å².